The molecule has 0 heterocycles. The summed E-state index contributed by atoms with van der Waals surface area (Å²) in [6, 6.07) is 18.4. The normalized spacial score (nSPS) is 12.3. The zero-order chi connectivity index (χ0) is 31.1. The van der Waals surface area contributed by atoms with Gasteiger partial charge in [-0.15, -0.1) is 0 Å². The minimum Gasteiger partial charge on any atom is -0.497 e. The number of carbonyl (C=O) groups is 2. The standard InChI is InChI=1S/C31H38ClN3O6S/c1-7-28(30(37)33-31(2,3)4)34(20-22-11-13-25(40-5)14-12-22)29(36)21-35(24-10-8-9-23(32)19-24)42(38,39)27-17-15-26(41-6)16-18-27/h8-19,28H,7,20-21H2,1-6H3,(H,33,37)/t28-/m0/s1. The molecule has 0 bridgehead atoms. The molecule has 0 aliphatic heterocycles. The van der Waals surface area contributed by atoms with Crippen LogP contribution in [-0.4, -0.2) is 57.5 Å². The van der Waals surface area contributed by atoms with Crippen molar-refractivity contribution in [2.45, 2.75) is 57.1 Å². The molecule has 0 aliphatic carbocycles. The van der Waals surface area contributed by atoms with Gasteiger partial charge in [-0.1, -0.05) is 36.7 Å². The maximum Gasteiger partial charge on any atom is 0.264 e. The predicted octanol–water partition coefficient (Wildman–Crippen LogP) is 5.27. The molecule has 0 fully saturated rings. The molecule has 0 radical (unpaired) electrons. The molecule has 1 N–H and O–H groups in total. The highest BCUT2D eigenvalue weighted by Gasteiger charge is 2.34. The van der Waals surface area contributed by atoms with Crippen LogP contribution in [0.4, 0.5) is 5.69 Å². The van der Waals surface area contributed by atoms with Crippen molar-refractivity contribution in [1.29, 1.82) is 0 Å². The Hall–Kier alpha value is -3.76. The van der Waals surface area contributed by atoms with Gasteiger partial charge in [-0.05, 0) is 87.4 Å². The third-order valence-electron chi connectivity index (χ3n) is 6.42. The summed E-state index contributed by atoms with van der Waals surface area (Å²) in [6.45, 7) is 6.89. The molecule has 2 amide bonds. The molecule has 3 rings (SSSR count). The SMILES string of the molecule is CC[C@@H](C(=O)NC(C)(C)C)N(Cc1ccc(OC)cc1)C(=O)CN(c1cccc(Cl)c1)S(=O)(=O)c1ccc(OC)cc1. The van der Waals surface area contributed by atoms with Crippen LogP contribution in [0.2, 0.25) is 5.02 Å². The van der Waals surface area contributed by atoms with Gasteiger partial charge in [0.15, 0.2) is 0 Å². The minimum absolute atomic E-state index is 0.0321. The van der Waals surface area contributed by atoms with E-state index in [9.17, 15) is 18.0 Å². The van der Waals surface area contributed by atoms with Gasteiger partial charge in [0.2, 0.25) is 11.8 Å². The van der Waals surface area contributed by atoms with E-state index in [2.05, 4.69) is 5.32 Å². The van der Waals surface area contributed by atoms with Crippen molar-refractivity contribution >= 4 is 39.1 Å². The van der Waals surface area contributed by atoms with E-state index in [-0.39, 0.29) is 23.0 Å². The van der Waals surface area contributed by atoms with E-state index in [4.69, 9.17) is 21.1 Å². The maximum atomic E-state index is 14.2. The average molecular weight is 616 g/mol. The summed E-state index contributed by atoms with van der Waals surface area (Å²) in [5.41, 5.74) is 0.422. The first-order valence-corrected chi connectivity index (χ1v) is 15.3. The fourth-order valence-corrected chi connectivity index (χ4v) is 5.93. The van der Waals surface area contributed by atoms with Crippen LogP contribution in [0.25, 0.3) is 0 Å². The second-order valence-corrected chi connectivity index (χ2v) is 13.0. The molecule has 226 valence electrons. The smallest absolute Gasteiger partial charge is 0.264 e. The van der Waals surface area contributed by atoms with Gasteiger partial charge in [0.1, 0.15) is 24.1 Å². The average Bonchev–Trinajstić information content (AvgIpc) is 2.95. The van der Waals surface area contributed by atoms with E-state index >= 15 is 0 Å². The Morgan fingerprint density at radius 2 is 1.50 bits per heavy atom. The van der Waals surface area contributed by atoms with E-state index in [1.54, 1.807) is 49.6 Å². The van der Waals surface area contributed by atoms with Crippen molar-refractivity contribution in [3.8, 4) is 11.5 Å². The fraction of sp³-hybridized carbons (Fsp3) is 0.355. The Balaban J connectivity index is 2.07. The topological polar surface area (TPSA) is 105 Å². The number of rotatable bonds is 12. The summed E-state index contributed by atoms with van der Waals surface area (Å²) in [7, 11) is -1.19. The highest BCUT2D eigenvalue weighted by Crippen LogP contribution is 2.28. The van der Waals surface area contributed by atoms with Crippen LogP contribution in [0.1, 0.15) is 39.7 Å². The van der Waals surface area contributed by atoms with Crippen molar-refractivity contribution in [3.05, 3.63) is 83.4 Å². The zero-order valence-corrected chi connectivity index (χ0v) is 26.3. The second kappa shape index (κ2) is 13.9. The summed E-state index contributed by atoms with van der Waals surface area (Å²) in [6.07, 6.45) is 0.312. The van der Waals surface area contributed by atoms with E-state index in [1.165, 1.54) is 42.3 Å². The van der Waals surface area contributed by atoms with Gasteiger partial charge < -0.3 is 19.7 Å². The molecule has 0 saturated carbocycles. The van der Waals surface area contributed by atoms with E-state index in [1.807, 2.05) is 27.7 Å². The molecule has 9 nitrogen and oxygen atoms in total. The molecular formula is C31H38ClN3O6S. The van der Waals surface area contributed by atoms with Crippen LogP contribution < -0.4 is 19.1 Å². The Morgan fingerprint density at radius 3 is 2.00 bits per heavy atom. The van der Waals surface area contributed by atoms with E-state index in [0.29, 0.717) is 22.9 Å². The van der Waals surface area contributed by atoms with Gasteiger partial charge in [0.25, 0.3) is 10.0 Å². The van der Waals surface area contributed by atoms with Crippen molar-refractivity contribution in [3.63, 3.8) is 0 Å². The number of amides is 2. The van der Waals surface area contributed by atoms with Crippen molar-refractivity contribution in [2.75, 3.05) is 25.1 Å². The lowest BCUT2D eigenvalue weighted by Crippen LogP contribution is -2.55. The lowest BCUT2D eigenvalue weighted by Gasteiger charge is -2.34. The number of hydrogen-bond acceptors (Lipinski definition) is 6. The van der Waals surface area contributed by atoms with Crippen LogP contribution >= 0.6 is 11.6 Å². The number of hydrogen-bond donors (Lipinski definition) is 1. The fourth-order valence-electron chi connectivity index (χ4n) is 4.33. The third kappa shape index (κ3) is 8.39. The molecular weight excluding hydrogens is 578 g/mol. The number of nitrogens with zero attached hydrogens (tertiary/aromatic N) is 2. The van der Waals surface area contributed by atoms with Gasteiger partial charge >= 0.3 is 0 Å². The van der Waals surface area contributed by atoms with Crippen molar-refractivity contribution in [2.24, 2.45) is 0 Å². The molecule has 0 aliphatic rings. The van der Waals surface area contributed by atoms with Gasteiger partial charge in [-0.3, -0.25) is 13.9 Å². The lowest BCUT2D eigenvalue weighted by molar-refractivity contribution is -0.141. The molecule has 0 aromatic heterocycles. The number of sulfonamides is 1. The van der Waals surface area contributed by atoms with Crippen molar-refractivity contribution < 1.29 is 27.5 Å². The summed E-state index contributed by atoms with van der Waals surface area (Å²) in [5.74, 6) is 0.241. The molecule has 1 atom stereocenters. The van der Waals surface area contributed by atoms with Crippen LogP contribution in [0, 0.1) is 0 Å². The Bertz CT molecular complexity index is 1470. The monoisotopic (exact) mass is 615 g/mol. The lowest BCUT2D eigenvalue weighted by atomic mass is 10.1. The number of benzene rings is 3. The number of anilines is 1. The Labute approximate surface area is 253 Å². The number of methoxy groups -OCH3 is 2. The molecule has 11 heteroatoms. The third-order valence-corrected chi connectivity index (χ3v) is 8.44. The molecule has 0 spiro atoms. The summed E-state index contributed by atoms with van der Waals surface area (Å²) >= 11 is 6.24. The highest BCUT2D eigenvalue weighted by atomic mass is 35.5. The minimum atomic E-state index is -4.23. The first-order chi connectivity index (χ1) is 19.8. The van der Waals surface area contributed by atoms with E-state index in [0.717, 1.165) is 9.87 Å². The molecule has 3 aromatic carbocycles. The van der Waals surface area contributed by atoms with Gasteiger partial charge in [-0.25, -0.2) is 8.42 Å². The number of nitrogens with one attached hydrogen (secondary N) is 1. The largest absolute Gasteiger partial charge is 0.497 e. The molecule has 0 saturated heterocycles. The molecule has 3 aromatic rings. The Kier molecular flexibility index (Phi) is 10.9. The predicted molar refractivity (Wildman–Crippen MR) is 164 cm³/mol. The van der Waals surface area contributed by atoms with Crippen LogP contribution in [-0.2, 0) is 26.2 Å². The molecule has 42 heavy (non-hydrogen) atoms. The molecule has 0 unspecified atom stereocenters. The number of carbonyl (C=O) groups excluding carboxylic acids is 2. The Morgan fingerprint density at radius 1 is 0.929 bits per heavy atom. The van der Waals surface area contributed by atoms with E-state index < -0.39 is 34.1 Å². The summed E-state index contributed by atoms with van der Waals surface area (Å²) in [4.78, 5) is 29.0. The van der Waals surface area contributed by atoms with Crippen molar-refractivity contribution in [1.82, 2.24) is 10.2 Å². The maximum absolute atomic E-state index is 14.2. The van der Waals surface area contributed by atoms with Gasteiger partial charge in [-0.2, -0.15) is 0 Å². The van der Waals surface area contributed by atoms with Gasteiger partial charge in [0, 0.05) is 17.1 Å². The summed E-state index contributed by atoms with van der Waals surface area (Å²) < 4.78 is 39.4. The van der Waals surface area contributed by atoms with Gasteiger partial charge in [0.05, 0.1) is 24.8 Å². The number of halogens is 1. The van der Waals surface area contributed by atoms with Crippen LogP contribution in [0.3, 0.4) is 0 Å². The number of ether oxygens (including phenoxy) is 2. The first kappa shape index (κ1) is 32.8. The first-order valence-electron chi connectivity index (χ1n) is 13.5. The highest BCUT2D eigenvalue weighted by molar-refractivity contribution is 7.92. The summed E-state index contributed by atoms with van der Waals surface area (Å²) in [5, 5.41) is 3.26. The quantitative estimate of drug-likeness (QED) is 0.297. The second-order valence-electron chi connectivity index (χ2n) is 10.7. The van der Waals surface area contributed by atoms with Crippen LogP contribution in [0.5, 0.6) is 11.5 Å². The zero-order valence-electron chi connectivity index (χ0n) is 24.8. The van der Waals surface area contributed by atoms with Crippen LogP contribution in [0.15, 0.2) is 77.7 Å².